The highest BCUT2D eigenvalue weighted by Gasteiger charge is 2.36. The number of carboxylic acids is 1. The second-order valence-electron chi connectivity index (χ2n) is 12.5. The van der Waals surface area contributed by atoms with Crippen LogP contribution in [0.5, 0.6) is 5.75 Å². The Morgan fingerprint density at radius 3 is 2.27 bits per heavy atom. The first kappa shape index (κ1) is 35.8. The number of nitrogens with zero attached hydrogens (tertiary/aromatic N) is 5. The van der Waals surface area contributed by atoms with Crippen LogP contribution in [0.1, 0.15) is 55.0 Å². The second kappa shape index (κ2) is 15.1. The van der Waals surface area contributed by atoms with Crippen LogP contribution >= 0.6 is 0 Å². The standard InChI is InChI=1S/C36H34F3N7O6/c1-44-15-13-25(14-16-44)41-32(49)23-11-12-28(29(17-23)52-36(37,38)39)42-35-40-18-24(20-46-33(50)26-9-5-6-10-27(26)34(46)51)31(43-35)45(21-30(47)48)19-22-7-3-2-4-8-22/h2-12,17-18,25H,13-16,19-21H2,1H3,(H,41,49)(H,47,48)(H,40,42,43). The number of piperidine rings is 1. The van der Waals surface area contributed by atoms with E-state index < -0.39 is 42.3 Å². The van der Waals surface area contributed by atoms with Crippen molar-refractivity contribution in [2.75, 3.05) is 36.9 Å². The zero-order valence-electron chi connectivity index (χ0n) is 27.9. The third kappa shape index (κ3) is 8.46. The molecule has 6 rings (SSSR count). The maximum atomic E-state index is 13.6. The van der Waals surface area contributed by atoms with Crippen molar-refractivity contribution in [2.45, 2.75) is 38.3 Å². The van der Waals surface area contributed by atoms with E-state index in [0.29, 0.717) is 18.4 Å². The van der Waals surface area contributed by atoms with E-state index in [0.717, 1.165) is 24.1 Å². The first-order chi connectivity index (χ1) is 24.8. The number of carbonyl (C=O) groups is 4. The summed E-state index contributed by atoms with van der Waals surface area (Å²) in [6.45, 7) is 0.678. The fourth-order valence-electron chi connectivity index (χ4n) is 6.09. The molecule has 16 heteroatoms. The molecule has 1 saturated heterocycles. The van der Waals surface area contributed by atoms with E-state index in [9.17, 15) is 37.5 Å². The van der Waals surface area contributed by atoms with Crippen LogP contribution in [0.15, 0.2) is 79.0 Å². The molecule has 270 valence electrons. The second-order valence-corrected chi connectivity index (χ2v) is 12.5. The number of benzene rings is 3. The lowest BCUT2D eigenvalue weighted by Crippen LogP contribution is -2.43. The number of carbonyl (C=O) groups excluding carboxylic acids is 3. The van der Waals surface area contributed by atoms with Crippen molar-refractivity contribution in [1.82, 2.24) is 25.1 Å². The molecule has 0 radical (unpaired) electrons. The van der Waals surface area contributed by atoms with Crippen molar-refractivity contribution < 1.29 is 42.2 Å². The molecule has 4 aromatic rings. The molecule has 0 spiro atoms. The summed E-state index contributed by atoms with van der Waals surface area (Å²) in [5, 5.41) is 15.4. The Hall–Kier alpha value is -6.03. The summed E-state index contributed by atoms with van der Waals surface area (Å²) in [6.07, 6.45) is -2.46. The number of alkyl halides is 3. The van der Waals surface area contributed by atoms with Gasteiger partial charge in [0.15, 0.2) is 5.75 Å². The number of aromatic nitrogens is 2. The number of nitrogens with one attached hydrogen (secondary N) is 2. The molecule has 3 aromatic carbocycles. The van der Waals surface area contributed by atoms with Crippen LogP contribution in [-0.4, -0.2) is 87.7 Å². The van der Waals surface area contributed by atoms with Gasteiger partial charge < -0.3 is 30.3 Å². The quantitative estimate of drug-likeness (QED) is 0.173. The molecule has 1 fully saturated rings. The fourth-order valence-corrected chi connectivity index (χ4v) is 6.09. The summed E-state index contributed by atoms with van der Waals surface area (Å²) in [5.41, 5.74) is 1.03. The Kier molecular flexibility index (Phi) is 10.4. The van der Waals surface area contributed by atoms with Crippen LogP contribution in [0.25, 0.3) is 0 Å². The highest BCUT2D eigenvalue weighted by molar-refractivity contribution is 6.21. The molecule has 3 N–H and O–H groups in total. The maximum absolute atomic E-state index is 13.6. The average molecular weight is 718 g/mol. The molecule has 0 unspecified atom stereocenters. The van der Waals surface area contributed by atoms with Gasteiger partial charge in [0.2, 0.25) is 5.95 Å². The molecule has 1 aromatic heterocycles. The van der Waals surface area contributed by atoms with Gasteiger partial charge in [-0.2, -0.15) is 4.98 Å². The molecule has 0 aliphatic carbocycles. The van der Waals surface area contributed by atoms with Crippen molar-refractivity contribution in [1.29, 1.82) is 0 Å². The first-order valence-electron chi connectivity index (χ1n) is 16.3. The average Bonchev–Trinajstić information content (AvgIpc) is 3.34. The number of carboxylic acid groups (broad SMARTS) is 1. The summed E-state index contributed by atoms with van der Waals surface area (Å²) in [7, 11) is 1.96. The van der Waals surface area contributed by atoms with Gasteiger partial charge in [-0.3, -0.25) is 24.1 Å². The van der Waals surface area contributed by atoms with Gasteiger partial charge in [-0.05, 0) is 68.9 Å². The number of ether oxygens (including phenoxy) is 1. The van der Waals surface area contributed by atoms with Crippen LogP contribution in [-0.2, 0) is 17.9 Å². The van der Waals surface area contributed by atoms with Crippen LogP contribution in [0.3, 0.4) is 0 Å². The molecular weight excluding hydrogens is 683 g/mol. The molecule has 0 bridgehead atoms. The minimum Gasteiger partial charge on any atom is -0.480 e. The Morgan fingerprint density at radius 2 is 1.63 bits per heavy atom. The van der Waals surface area contributed by atoms with Crippen LogP contribution in [0.4, 0.5) is 30.6 Å². The largest absolute Gasteiger partial charge is 0.573 e. The van der Waals surface area contributed by atoms with Gasteiger partial charge in [0, 0.05) is 29.9 Å². The summed E-state index contributed by atoms with van der Waals surface area (Å²) in [6, 6.07) is 18.5. The number of hydrogen-bond donors (Lipinski definition) is 3. The molecule has 2 aliphatic rings. The number of amides is 3. The van der Waals surface area contributed by atoms with E-state index in [2.05, 4.69) is 30.2 Å². The van der Waals surface area contributed by atoms with Gasteiger partial charge in [-0.25, -0.2) is 4.98 Å². The maximum Gasteiger partial charge on any atom is 0.573 e. The van der Waals surface area contributed by atoms with Gasteiger partial charge >= 0.3 is 12.3 Å². The fraction of sp³-hybridized carbons (Fsp3) is 0.278. The van der Waals surface area contributed by atoms with Gasteiger partial charge in [-0.1, -0.05) is 42.5 Å². The van der Waals surface area contributed by atoms with E-state index in [1.165, 1.54) is 35.4 Å². The smallest absolute Gasteiger partial charge is 0.480 e. The predicted octanol–water partition coefficient (Wildman–Crippen LogP) is 4.83. The van der Waals surface area contributed by atoms with Gasteiger partial charge in [0.25, 0.3) is 17.7 Å². The summed E-state index contributed by atoms with van der Waals surface area (Å²) in [5.74, 6) is -3.87. The Morgan fingerprint density at radius 1 is 0.981 bits per heavy atom. The number of halogens is 3. The number of hydrogen-bond acceptors (Lipinski definition) is 10. The number of aliphatic carboxylic acids is 1. The number of likely N-dealkylation sites (tertiary alicyclic amines) is 1. The number of fused-ring (bicyclic) bond motifs is 1. The predicted molar refractivity (Wildman–Crippen MR) is 182 cm³/mol. The molecule has 0 saturated carbocycles. The van der Waals surface area contributed by atoms with E-state index in [1.54, 1.807) is 42.5 Å². The van der Waals surface area contributed by atoms with Gasteiger partial charge in [0.1, 0.15) is 12.4 Å². The van der Waals surface area contributed by atoms with Crippen molar-refractivity contribution in [3.05, 3.63) is 107 Å². The van der Waals surface area contributed by atoms with Crippen LogP contribution < -0.4 is 20.3 Å². The minimum atomic E-state index is -5.12. The number of imide groups is 1. The van der Waals surface area contributed by atoms with E-state index in [1.807, 2.05) is 7.05 Å². The molecule has 52 heavy (non-hydrogen) atoms. The lowest BCUT2D eigenvalue weighted by molar-refractivity contribution is -0.274. The SMILES string of the molecule is CN1CCC(NC(=O)c2ccc(Nc3ncc(CN4C(=O)c5ccccc5C4=O)c(N(CC(=O)O)Cc4ccccc4)n3)c(OC(F)(F)F)c2)CC1. The normalized spacial score (nSPS) is 15.0. The Balaban J connectivity index is 1.34. The molecular formula is C36H34F3N7O6. The molecule has 3 heterocycles. The number of anilines is 3. The topological polar surface area (TPSA) is 157 Å². The zero-order valence-corrected chi connectivity index (χ0v) is 27.9. The third-order valence-electron chi connectivity index (χ3n) is 8.66. The van der Waals surface area contributed by atoms with Gasteiger partial charge in [0.05, 0.1) is 23.4 Å². The lowest BCUT2D eigenvalue weighted by Gasteiger charge is -2.29. The first-order valence-corrected chi connectivity index (χ1v) is 16.3. The van der Waals surface area contributed by atoms with Crippen molar-refractivity contribution in [3.63, 3.8) is 0 Å². The Bertz CT molecular complexity index is 1950. The minimum absolute atomic E-state index is 0.00715. The summed E-state index contributed by atoms with van der Waals surface area (Å²) in [4.78, 5) is 64.8. The lowest BCUT2D eigenvalue weighted by atomic mass is 10.0. The highest BCUT2D eigenvalue weighted by Crippen LogP contribution is 2.34. The number of rotatable bonds is 12. The zero-order chi connectivity index (χ0) is 37.0. The molecule has 2 aliphatic heterocycles. The Labute approximate surface area is 296 Å². The van der Waals surface area contributed by atoms with E-state index in [-0.39, 0.29) is 58.8 Å². The van der Waals surface area contributed by atoms with Gasteiger partial charge in [-0.15, -0.1) is 13.2 Å². The van der Waals surface area contributed by atoms with Crippen LogP contribution in [0, 0.1) is 0 Å². The highest BCUT2D eigenvalue weighted by atomic mass is 19.4. The van der Waals surface area contributed by atoms with Crippen LogP contribution in [0.2, 0.25) is 0 Å². The van der Waals surface area contributed by atoms with Crippen molar-refractivity contribution in [2.24, 2.45) is 0 Å². The van der Waals surface area contributed by atoms with Crippen molar-refractivity contribution >= 4 is 41.1 Å². The molecule has 3 amide bonds. The van der Waals surface area contributed by atoms with Crippen molar-refractivity contribution in [3.8, 4) is 5.75 Å². The van der Waals surface area contributed by atoms with E-state index in [4.69, 9.17) is 0 Å². The monoisotopic (exact) mass is 717 g/mol. The molecule has 13 nitrogen and oxygen atoms in total. The summed E-state index contributed by atoms with van der Waals surface area (Å²) < 4.78 is 45.1. The summed E-state index contributed by atoms with van der Waals surface area (Å²) >= 11 is 0. The van der Waals surface area contributed by atoms with E-state index >= 15 is 0 Å². The third-order valence-corrected chi connectivity index (χ3v) is 8.66. The molecule has 0 atom stereocenters.